The van der Waals surface area contributed by atoms with Crippen LogP contribution < -0.4 is 14.6 Å². The average Bonchev–Trinajstić information content (AvgIpc) is 2.13. The third kappa shape index (κ3) is 3.13. The molecule has 0 amide bonds. The quantitative estimate of drug-likeness (QED) is 0.829. The molecule has 1 aromatic heterocycles. The van der Waals surface area contributed by atoms with E-state index in [2.05, 4.69) is 19.6 Å². The van der Waals surface area contributed by atoms with Crippen LogP contribution in [0.1, 0.15) is 0 Å². The number of aromatic nitrogens is 1. The second-order valence-electron chi connectivity index (χ2n) is 2.90. The fourth-order valence-electron chi connectivity index (χ4n) is 1.07. The summed E-state index contributed by atoms with van der Waals surface area (Å²) in [5, 5.41) is 14.1. The van der Waals surface area contributed by atoms with Crippen molar-refractivity contribution < 1.29 is 36.2 Å². The molecule has 0 fully saturated rings. The van der Waals surface area contributed by atoms with E-state index in [1.54, 1.807) is 0 Å². The standard InChI is InChI=1S/C7H7F3N2O5S/c1-16-6-4(13)5(18(11,14)15)3(2-12-6)17-7(8,9)10/h2,13H,1H3,(H2,11,14,15). The Morgan fingerprint density at radius 1 is 1.44 bits per heavy atom. The number of sulfonamides is 1. The maximum atomic E-state index is 12.0. The lowest BCUT2D eigenvalue weighted by atomic mass is 10.4. The summed E-state index contributed by atoms with van der Waals surface area (Å²) < 4.78 is 66.2. The van der Waals surface area contributed by atoms with E-state index in [0.29, 0.717) is 6.20 Å². The van der Waals surface area contributed by atoms with Crippen LogP contribution in [0.25, 0.3) is 0 Å². The number of ether oxygens (including phenoxy) is 2. The maximum Gasteiger partial charge on any atom is 0.573 e. The van der Waals surface area contributed by atoms with Crippen molar-refractivity contribution in [3.63, 3.8) is 0 Å². The minimum atomic E-state index is -5.16. The largest absolute Gasteiger partial charge is 0.573 e. The molecule has 0 radical (unpaired) electrons. The minimum absolute atomic E-state index is 0.422. The topological polar surface area (TPSA) is 112 Å². The highest BCUT2D eigenvalue weighted by molar-refractivity contribution is 7.89. The first-order chi connectivity index (χ1) is 8.06. The van der Waals surface area contributed by atoms with Crippen LogP contribution >= 0.6 is 0 Å². The number of hydrogen-bond acceptors (Lipinski definition) is 6. The molecule has 0 atom stereocenters. The molecular formula is C7H7F3N2O5S. The second-order valence-corrected chi connectivity index (χ2v) is 4.40. The summed E-state index contributed by atoms with van der Waals surface area (Å²) in [5.41, 5.74) is 0. The first kappa shape index (κ1) is 14.3. The van der Waals surface area contributed by atoms with Crippen molar-refractivity contribution in [2.45, 2.75) is 11.3 Å². The number of rotatable bonds is 3. The van der Waals surface area contributed by atoms with Crippen molar-refractivity contribution in [3.05, 3.63) is 6.20 Å². The Morgan fingerprint density at radius 3 is 2.39 bits per heavy atom. The van der Waals surface area contributed by atoms with E-state index in [1.807, 2.05) is 0 Å². The molecule has 0 bridgehead atoms. The summed E-state index contributed by atoms with van der Waals surface area (Å²) in [6, 6.07) is 0. The molecule has 11 heteroatoms. The Kier molecular flexibility index (Phi) is 3.57. The first-order valence-corrected chi connectivity index (χ1v) is 5.65. The fraction of sp³-hybridized carbons (Fsp3) is 0.286. The van der Waals surface area contributed by atoms with Crippen molar-refractivity contribution in [1.29, 1.82) is 0 Å². The van der Waals surface area contributed by atoms with Crippen LogP contribution in [0.5, 0.6) is 17.4 Å². The van der Waals surface area contributed by atoms with Gasteiger partial charge in [0, 0.05) is 0 Å². The van der Waals surface area contributed by atoms with E-state index in [4.69, 9.17) is 0 Å². The first-order valence-electron chi connectivity index (χ1n) is 4.10. The van der Waals surface area contributed by atoms with Gasteiger partial charge in [-0.2, -0.15) is 0 Å². The minimum Gasteiger partial charge on any atom is -0.502 e. The number of methoxy groups -OCH3 is 1. The van der Waals surface area contributed by atoms with Gasteiger partial charge in [0.25, 0.3) is 5.88 Å². The number of hydrogen-bond donors (Lipinski definition) is 2. The van der Waals surface area contributed by atoms with Crippen LogP contribution in [0.2, 0.25) is 0 Å². The number of primary sulfonamides is 1. The van der Waals surface area contributed by atoms with Gasteiger partial charge in [0.05, 0.1) is 13.3 Å². The average molecular weight is 288 g/mol. The van der Waals surface area contributed by atoms with Crippen LogP contribution in [0.3, 0.4) is 0 Å². The number of halogens is 3. The predicted molar refractivity (Wildman–Crippen MR) is 50.5 cm³/mol. The molecule has 0 spiro atoms. The van der Waals surface area contributed by atoms with Gasteiger partial charge in [-0.3, -0.25) is 0 Å². The van der Waals surface area contributed by atoms with E-state index in [1.165, 1.54) is 0 Å². The SMILES string of the molecule is COc1ncc(OC(F)(F)F)c(S(N)(=O)=O)c1O. The van der Waals surface area contributed by atoms with Gasteiger partial charge in [-0.25, -0.2) is 18.5 Å². The molecule has 0 aliphatic heterocycles. The number of alkyl halides is 3. The second kappa shape index (κ2) is 4.49. The van der Waals surface area contributed by atoms with E-state index in [-0.39, 0.29) is 0 Å². The Labute approximate surface area is 99.0 Å². The van der Waals surface area contributed by atoms with Crippen molar-refractivity contribution in [2.75, 3.05) is 7.11 Å². The van der Waals surface area contributed by atoms with Crippen molar-refractivity contribution in [3.8, 4) is 17.4 Å². The number of nitrogens with zero attached hydrogens (tertiary/aromatic N) is 1. The third-order valence-corrected chi connectivity index (χ3v) is 2.61. The summed E-state index contributed by atoms with van der Waals surface area (Å²) in [5.74, 6) is -3.02. The number of pyridine rings is 1. The van der Waals surface area contributed by atoms with Gasteiger partial charge in [0.1, 0.15) is 0 Å². The van der Waals surface area contributed by atoms with Gasteiger partial charge in [0.15, 0.2) is 10.6 Å². The summed E-state index contributed by atoms with van der Waals surface area (Å²) in [6.45, 7) is 0. The third-order valence-electron chi connectivity index (χ3n) is 1.64. The van der Waals surface area contributed by atoms with Crippen molar-refractivity contribution >= 4 is 10.0 Å². The number of aromatic hydroxyl groups is 1. The Balaban J connectivity index is 3.50. The van der Waals surface area contributed by atoms with Crippen LogP contribution in [-0.2, 0) is 10.0 Å². The highest BCUT2D eigenvalue weighted by atomic mass is 32.2. The summed E-state index contributed by atoms with van der Waals surface area (Å²) in [7, 11) is -3.64. The van der Waals surface area contributed by atoms with Gasteiger partial charge < -0.3 is 14.6 Å². The Hall–Kier alpha value is -1.75. The van der Waals surface area contributed by atoms with E-state index >= 15 is 0 Å². The molecular weight excluding hydrogens is 281 g/mol. The Morgan fingerprint density at radius 2 is 2.00 bits per heavy atom. The fourth-order valence-corrected chi connectivity index (χ4v) is 1.80. The lowest BCUT2D eigenvalue weighted by Crippen LogP contribution is -2.21. The molecule has 0 unspecified atom stereocenters. The zero-order valence-corrected chi connectivity index (χ0v) is 9.54. The van der Waals surface area contributed by atoms with Crippen LogP contribution in [0.4, 0.5) is 13.2 Å². The van der Waals surface area contributed by atoms with E-state index in [0.717, 1.165) is 7.11 Å². The monoisotopic (exact) mass is 288 g/mol. The molecule has 1 aromatic rings. The van der Waals surface area contributed by atoms with Gasteiger partial charge in [-0.05, 0) is 0 Å². The molecule has 18 heavy (non-hydrogen) atoms. The predicted octanol–water partition coefficient (Wildman–Crippen LogP) is 0.342. The Bertz CT molecular complexity index is 557. The molecule has 102 valence electrons. The summed E-state index contributed by atoms with van der Waals surface area (Å²) in [4.78, 5) is 1.98. The normalized spacial score (nSPS) is 12.3. The van der Waals surface area contributed by atoms with Crippen LogP contribution in [0.15, 0.2) is 11.1 Å². The molecule has 1 heterocycles. The smallest absolute Gasteiger partial charge is 0.502 e. The van der Waals surface area contributed by atoms with Gasteiger partial charge >= 0.3 is 6.36 Å². The molecule has 0 aliphatic carbocycles. The van der Waals surface area contributed by atoms with Crippen molar-refractivity contribution in [1.82, 2.24) is 4.98 Å². The highest BCUT2D eigenvalue weighted by Gasteiger charge is 2.36. The van der Waals surface area contributed by atoms with E-state index in [9.17, 15) is 26.7 Å². The molecule has 0 saturated heterocycles. The molecule has 0 aliphatic rings. The molecule has 3 N–H and O–H groups in total. The van der Waals surface area contributed by atoms with Gasteiger partial charge in [-0.1, -0.05) is 0 Å². The summed E-state index contributed by atoms with van der Waals surface area (Å²) >= 11 is 0. The summed E-state index contributed by atoms with van der Waals surface area (Å²) in [6.07, 6.45) is -4.74. The lowest BCUT2D eigenvalue weighted by molar-refractivity contribution is -0.275. The molecule has 1 rings (SSSR count). The van der Waals surface area contributed by atoms with Gasteiger partial charge in [0.2, 0.25) is 15.8 Å². The zero-order chi connectivity index (χ0) is 14.1. The zero-order valence-electron chi connectivity index (χ0n) is 8.72. The van der Waals surface area contributed by atoms with Crippen LogP contribution in [0, 0.1) is 0 Å². The number of nitrogens with two attached hydrogens (primary N) is 1. The van der Waals surface area contributed by atoms with Gasteiger partial charge in [-0.15, -0.1) is 13.2 Å². The van der Waals surface area contributed by atoms with Crippen LogP contribution in [-0.4, -0.2) is 32.0 Å². The molecule has 0 aromatic carbocycles. The highest BCUT2D eigenvalue weighted by Crippen LogP contribution is 2.39. The lowest BCUT2D eigenvalue weighted by Gasteiger charge is -2.13. The van der Waals surface area contributed by atoms with Crippen molar-refractivity contribution in [2.24, 2.45) is 5.14 Å². The van der Waals surface area contributed by atoms with E-state index < -0.39 is 38.7 Å². The maximum absolute atomic E-state index is 12.0. The molecule has 0 saturated carbocycles. The molecule has 7 nitrogen and oxygen atoms in total.